The van der Waals surface area contributed by atoms with E-state index in [1.54, 1.807) is 0 Å². The van der Waals surface area contributed by atoms with Gasteiger partial charge in [0.15, 0.2) is 0 Å². The summed E-state index contributed by atoms with van der Waals surface area (Å²) in [5, 5.41) is 23.3. The Kier molecular flexibility index (Phi) is 65.9. The van der Waals surface area contributed by atoms with Crippen molar-refractivity contribution in [2.24, 2.45) is 0 Å². The SMILES string of the molecule is CCCCCCCCCCCCCCCCCCCCCC(=O)OCCCCCCCCCCCCCC/C=C\CCCCCCCCCCCCCCC(=O)NC(CO)C(O)CCCCCCCCCCCCCCC. The topological polar surface area (TPSA) is 95.9 Å². The highest BCUT2D eigenvalue weighted by Gasteiger charge is 2.20. The first-order chi connectivity index (χ1) is 38.0. The highest BCUT2D eigenvalue weighted by atomic mass is 16.5. The molecule has 77 heavy (non-hydrogen) atoms. The Morgan fingerprint density at radius 2 is 0.610 bits per heavy atom. The van der Waals surface area contributed by atoms with Crippen LogP contribution in [0.2, 0.25) is 0 Å². The first kappa shape index (κ1) is 75.6. The van der Waals surface area contributed by atoms with Crippen LogP contribution in [-0.4, -0.2) is 47.4 Å². The lowest BCUT2D eigenvalue weighted by molar-refractivity contribution is -0.143. The van der Waals surface area contributed by atoms with Crippen LogP contribution in [0.25, 0.3) is 0 Å². The average Bonchev–Trinajstić information content (AvgIpc) is 3.43. The third-order valence-electron chi connectivity index (χ3n) is 16.8. The molecule has 0 aliphatic carbocycles. The molecular formula is C71H139NO5. The molecular weight excluding hydrogens is 947 g/mol. The van der Waals surface area contributed by atoms with Crippen molar-refractivity contribution in [3.05, 3.63) is 12.2 Å². The van der Waals surface area contributed by atoms with Crippen molar-refractivity contribution < 1.29 is 24.5 Å². The zero-order valence-electron chi connectivity index (χ0n) is 52.5. The van der Waals surface area contributed by atoms with Crippen molar-refractivity contribution in [2.45, 2.75) is 418 Å². The lowest BCUT2D eigenvalue weighted by atomic mass is 10.0. The molecule has 0 spiro atoms. The Hall–Kier alpha value is -1.40. The summed E-state index contributed by atoms with van der Waals surface area (Å²) in [6.07, 6.45) is 82.7. The molecule has 0 saturated carbocycles. The number of carbonyl (C=O) groups excluding carboxylic acids is 2. The summed E-state index contributed by atoms with van der Waals surface area (Å²) in [5.74, 6) is -0.0110. The number of aliphatic hydroxyl groups excluding tert-OH is 2. The molecule has 3 N–H and O–H groups in total. The third-order valence-corrected chi connectivity index (χ3v) is 16.8. The fourth-order valence-corrected chi connectivity index (χ4v) is 11.4. The van der Waals surface area contributed by atoms with E-state index in [-0.39, 0.29) is 18.5 Å². The Balaban J connectivity index is 3.33. The zero-order chi connectivity index (χ0) is 55.7. The van der Waals surface area contributed by atoms with Crippen LogP contribution < -0.4 is 5.32 Å². The molecule has 0 saturated heterocycles. The van der Waals surface area contributed by atoms with Gasteiger partial charge in [0, 0.05) is 12.8 Å². The quantitative estimate of drug-likeness (QED) is 0.0320. The Morgan fingerprint density at radius 1 is 0.351 bits per heavy atom. The molecule has 0 heterocycles. The van der Waals surface area contributed by atoms with E-state index < -0.39 is 12.1 Å². The van der Waals surface area contributed by atoms with Gasteiger partial charge in [0.25, 0.3) is 0 Å². The molecule has 1 amide bonds. The fraction of sp³-hybridized carbons (Fsp3) is 0.944. The number of allylic oxidation sites excluding steroid dienone is 2. The maximum atomic E-state index is 12.5. The number of nitrogens with one attached hydrogen (secondary N) is 1. The standard InChI is InChI=1S/C71H139NO5/c1-3-5-7-9-11-13-15-17-18-19-30-34-37-41-45-49-53-57-61-65-71(76)77-66-62-58-54-50-46-42-38-35-32-29-27-25-23-21-20-22-24-26-28-31-33-36-40-44-48-52-56-60-64-70(75)72-68(67-73)69(74)63-59-55-51-47-43-39-16-14-12-10-8-6-4-2/h20-21,68-69,73-74H,3-19,22-67H2,1-2H3,(H,72,75)/b21-20-. The Bertz CT molecular complexity index is 1160. The number of aliphatic hydroxyl groups is 2. The highest BCUT2D eigenvalue weighted by Crippen LogP contribution is 2.19. The Morgan fingerprint density at radius 3 is 0.922 bits per heavy atom. The van der Waals surface area contributed by atoms with E-state index in [4.69, 9.17) is 4.74 Å². The van der Waals surface area contributed by atoms with Crippen LogP contribution in [0, 0.1) is 0 Å². The van der Waals surface area contributed by atoms with Crippen LogP contribution in [-0.2, 0) is 14.3 Å². The van der Waals surface area contributed by atoms with Crippen molar-refractivity contribution in [1.29, 1.82) is 0 Å². The molecule has 0 rings (SSSR count). The number of amides is 1. The summed E-state index contributed by atoms with van der Waals surface area (Å²) in [5.41, 5.74) is 0. The molecule has 458 valence electrons. The van der Waals surface area contributed by atoms with E-state index in [1.165, 1.54) is 334 Å². The van der Waals surface area contributed by atoms with Crippen molar-refractivity contribution in [1.82, 2.24) is 5.32 Å². The minimum Gasteiger partial charge on any atom is -0.466 e. The van der Waals surface area contributed by atoms with Crippen LogP contribution >= 0.6 is 0 Å². The van der Waals surface area contributed by atoms with Crippen LogP contribution in [0.4, 0.5) is 0 Å². The monoisotopic (exact) mass is 1090 g/mol. The fourth-order valence-electron chi connectivity index (χ4n) is 11.4. The second kappa shape index (κ2) is 67.1. The van der Waals surface area contributed by atoms with Gasteiger partial charge in [0.2, 0.25) is 5.91 Å². The zero-order valence-corrected chi connectivity index (χ0v) is 52.5. The van der Waals surface area contributed by atoms with Gasteiger partial charge in [0.1, 0.15) is 0 Å². The second-order valence-electron chi connectivity index (χ2n) is 24.6. The molecule has 0 aromatic heterocycles. The lowest BCUT2D eigenvalue weighted by Gasteiger charge is -2.22. The molecule has 2 unspecified atom stereocenters. The van der Waals surface area contributed by atoms with Gasteiger partial charge in [0.05, 0.1) is 25.4 Å². The van der Waals surface area contributed by atoms with E-state index in [9.17, 15) is 19.8 Å². The van der Waals surface area contributed by atoms with Crippen molar-refractivity contribution in [3.63, 3.8) is 0 Å². The molecule has 0 aromatic rings. The van der Waals surface area contributed by atoms with Crippen LogP contribution in [0.3, 0.4) is 0 Å². The molecule has 0 fully saturated rings. The summed E-state index contributed by atoms with van der Waals surface area (Å²) in [6, 6.07) is -0.540. The van der Waals surface area contributed by atoms with E-state index >= 15 is 0 Å². The van der Waals surface area contributed by atoms with Crippen LogP contribution in [0.15, 0.2) is 12.2 Å². The minimum atomic E-state index is -0.663. The van der Waals surface area contributed by atoms with Crippen molar-refractivity contribution in [2.75, 3.05) is 13.2 Å². The summed E-state index contributed by atoms with van der Waals surface area (Å²) in [4.78, 5) is 24.6. The number of esters is 1. The molecule has 0 radical (unpaired) electrons. The number of rotatable bonds is 67. The smallest absolute Gasteiger partial charge is 0.305 e. The van der Waals surface area contributed by atoms with Gasteiger partial charge in [-0.1, -0.05) is 353 Å². The predicted octanol–water partition coefficient (Wildman–Crippen LogP) is 22.8. The maximum Gasteiger partial charge on any atom is 0.305 e. The Labute approximate surface area is 482 Å². The van der Waals surface area contributed by atoms with Gasteiger partial charge in [-0.25, -0.2) is 0 Å². The van der Waals surface area contributed by atoms with Gasteiger partial charge in [-0.05, 0) is 51.4 Å². The van der Waals surface area contributed by atoms with Crippen molar-refractivity contribution >= 4 is 11.9 Å². The predicted molar refractivity (Wildman–Crippen MR) is 338 cm³/mol. The summed E-state index contributed by atoms with van der Waals surface area (Å²) < 4.78 is 5.51. The molecule has 6 heteroatoms. The second-order valence-corrected chi connectivity index (χ2v) is 24.6. The van der Waals surface area contributed by atoms with Crippen molar-refractivity contribution in [3.8, 4) is 0 Å². The van der Waals surface area contributed by atoms with Gasteiger partial charge >= 0.3 is 5.97 Å². The van der Waals surface area contributed by atoms with E-state index in [2.05, 4.69) is 31.3 Å². The molecule has 0 bridgehead atoms. The normalized spacial score (nSPS) is 12.5. The van der Waals surface area contributed by atoms with Gasteiger partial charge in [-0.15, -0.1) is 0 Å². The largest absolute Gasteiger partial charge is 0.466 e. The lowest BCUT2D eigenvalue weighted by Crippen LogP contribution is -2.45. The van der Waals surface area contributed by atoms with Gasteiger partial charge in [-0.2, -0.15) is 0 Å². The molecule has 2 atom stereocenters. The first-order valence-electron chi connectivity index (χ1n) is 35.4. The number of carbonyl (C=O) groups is 2. The van der Waals surface area contributed by atoms with Gasteiger partial charge in [-0.3, -0.25) is 9.59 Å². The summed E-state index contributed by atoms with van der Waals surface area (Å²) in [6.45, 7) is 4.99. The maximum absolute atomic E-state index is 12.5. The van der Waals surface area contributed by atoms with Gasteiger partial charge < -0.3 is 20.3 Å². The molecule has 6 nitrogen and oxygen atoms in total. The number of unbranched alkanes of at least 4 members (excludes halogenated alkanes) is 54. The third kappa shape index (κ3) is 63.6. The number of hydrogen-bond donors (Lipinski definition) is 3. The summed E-state index contributed by atoms with van der Waals surface area (Å²) in [7, 11) is 0. The average molecular weight is 1090 g/mol. The van der Waals surface area contributed by atoms with Crippen LogP contribution in [0.1, 0.15) is 406 Å². The first-order valence-corrected chi connectivity index (χ1v) is 35.4. The molecule has 0 aliphatic rings. The molecule has 0 aromatic carbocycles. The number of hydrogen-bond acceptors (Lipinski definition) is 5. The van der Waals surface area contributed by atoms with Crippen LogP contribution in [0.5, 0.6) is 0 Å². The van der Waals surface area contributed by atoms with E-state index in [0.717, 1.165) is 38.5 Å². The van der Waals surface area contributed by atoms with E-state index in [0.29, 0.717) is 25.9 Å². The van der Waals surface area contributed by atoms with E-state index in [1.807, 2.05) is 0 Å². The highest BCUT2D eigenvalue weighted by molar-refractivity contribution is 5.76. The molecule has 0 aliphatic heterocycles. The number of ether oxygens (including phenoxy) is 1. The minimum absolute atomic E-state index is 0.0216. The summed E-state index contributed by atoms with van der Waals surface area (Å²) >= 11 is 0.